The zero-order valence-electron chi connectivity index (χ0n) is 13.3. The average Bonchev–Trinajstić information content (AvgIpc) is 2.46. The maximum absolute atomic E-state index is 12.1. The van der Waals surface area contributed by atoms with Gasteiger partial charge in [-0.05, 0) is 42.2 Å². The van der Waals surface area contributed by atoms with Gasteiger partial charge < -0.3 is 10.6 Å². The number of carbonyl (C=O) groups excluding carboxylic acids is 1. The van der Waals surface area contributed by atoms with E-state index >= 15 is 0 Å². The van der Waals surface area contributed by atoms with Crippen LogP contribution in [0.2, 0.25) is 0 Å². The first-order valence-corrected chi connectivity index (χ1v) is 7.99. The lowest BCUT2D eigenvalue weighted by Crippen LogP contribution is -2.49. The van der Waals surface area contributed by atoms with Crippen molar-refractivity contribution in [3.63, 3.8) is 0 Å². The van der Waals surface area contributed by atoms with Crippen molar-refractivity contribution in [2.75, 3.05) is 0 Å². The fourth-order valence-electron chi connectivity index (χ4n) is 3.27. The highest BCUT2D eigenvalue weighted by Gasteiger charge is 2.31. The average molecular weight is 289 g/mol. The minimum Gasteiger partial charge on any atom is -0.335 e. The van der Waals surface area contributed by atoms with Crippen LogP contribution in [0.1, 0.15) is 45.6 Å². The van der Waals surface area contributed by atoms with Crippen molar-refractivity contribution in [1.29, 1.82) is 0 Å². The predicted octanol–water partition coefficient (Wildman–Crippen LogP) is 3.34. The van der Waals surface area contributed by atoms with Gasteiger partial charge in [-0.3, -0.25) is 4.98 Å². The SMILES string of the molecule is CC(C)[C@@H]1CC[C@H](C)C[C@H]1NC(=O)NCc1cccnc1. The van der Waals surface area contributed by atoms with Crippen LogP contribution < -0.4 is 10.6 Å². The van der Waals surface area contributed by atoms with Crippen LogP contribution in [-0.2, 0) is 6.54 Å². The zero-order valence-corrected chi connectivity index (χ0v) is 13.3. The Kier molecular flexibility index (Phi) is 5.59. The topological polar surface area (TPSA) is 54.0 Å². The molecular weight excluding hydrogens is 262 g/mol. The van der Waals surface area contributed by atoms with Gasteiger partial charge in [-0.2, -0.15) is 0 Å². The van der Waals surface area contributed by atoms with Gasteiger partial charge in [-0.1, -0.05) is 33.3 Å². The number of rotatable bonds is 4. The number of aromatic nitrogens is 1. The first-order valence-electron chi connectivity index (χ1n) is 7.99. The van der Waals surface area contributed by atoms with E-state index in [0.717, 1.165) is 12.0 Å². The Balaban J connectivity index is 1.85. The summed E-state index contributed by atoms with van der Waals surface area (Å²) in [6, 6.07) is 4.07. The number of pyridine rings is 1. The fourth-order valence-corrected chi connectivity index (χ4v) is 3.27. The van der Waals surface area contributed by atoms with Gasteiger partial charge in [0.25, 0.3) is 0 Å². The van der Waals surface area contributed by atoms with E-state index in [1.54, 1.807) is 12.4 Å². The van der Waals surface area contributed by atoms with Crippen LogP contribution in [0.5, 0.6) is 0 Å². The molecule has 2 N–H and O–H groups in total. The van der Waals surface area contributed by atoms with Crippen molar-refractivity contribution < 1.29 is 4.79 Å². The molecule has 3 atom stereocenters. The van der Waals surface area contributed by atoms with E-state index in [1.165, 1.54) is 12.8 Å². The number of nitrogens with zero attached hydrogens (tertiary/aromatic N) is 1. The molecule has 0 spiro atoms. The lowest BCUT2D eigenvalue weighted by atomic mass is 9.74. The van der Waals surface area contributed by atoms with E-state index in [4.69, 9.17) is 0 Å². The summed E-state index contributed by atoms with van der Waals surface area (Å²) in [5.41, 5.74) is 1.02. The van der Waals surface area contributed by atoms with Crippen LogP contribution in [0.4, 0.5) is 4.79 Å². The summed E-state index contributed by atoms with van der Waals surface area (Å²) in [7, 11) is 0. The molecule has 1 heterocycles. The van der Waals surface area contributed by atoms with Crippen LogP contribution in [-0.4, -0.2) is 17.1 Å². The Morgan fingerprint density at radius 1 is 1.43 bits per heavy atom. The summed E-state index contributed by atoms with van der Waals surface area (Å²) in [4.78, 5) is 16.2. The molecule has 0 saturated heterocycles. The molecule has 116 valence electrons. The molecule has 0 unspecified atom stereocenters. The maximum atomic E-state index is 12.1. The third-order valence-electron chi connectivity index (χ3n) is 4.51. The molecule has 1 aliphatic rings. The molecular formula is C17H27N3O. The summed E-state index contributed by atoms with van der Waals surface area (Å²) in [5, 5.41) is 6.11. The molecule has 4 heteroatoms. The van der Waals surface area contributed by atoms with Gasteiger partial charge in [-0.15, -0.1) is 0 Å². The lowest BCUT2D eigenvalue weighted by molar-refractivity contribution is 0.168. The minimum atomic E-state index is -0.0661. The molecule has 2 rings (SSSR count). The highest BCUT2D eigenvalue weighted by Crippen LogP contribution is 2.33. The van der Waals surface area contributed by atoms with E-state index in [1.807, 2.05) is 12.1 Å². The first-order chi connectivity index (χ1) is 10.1. The summed E-state index contributed by atoms with van der Waals surface area (Å²) >= 11 is 0. The van der Waals surface area contributed by atoms with Gasteiger partial charge in [0, 0.05) is 25.0 Å². The van der Waals surface area contributed by atoms with Gasteiger partial charge in [0.2, 0.25) is 0 Å². The highest BCUT2D eigenvalue weighted by molar-refractivity contribution is 5.74. The summed E-state index contributed by atoms with van der Waals surface area (Å²) in [5.74, 6) is 1.90. The largest absolute Gasteiger partial charge is 0.335 e. The molecule has 1 aliphatic carbocycles. The second kappa shape index (κ2) is 7.43. The third kappa shape index (κ3) is 4.73. The Hall–Kier alpha value is -1.58. The van der Waals surface area contributed by atoms with E-state index in [-0.39, 0.29) is 6.03 Å². The van der Waals surface area contributed by atoms with Gasteiger partial charge in [0.15, 0.2) is 0 Å². The molecule has 2 amide bonds. The first kappa shape index (κ1) is 15.8. The monoisotopic (exact) mass is 289 g/mol. The lowest BCUT2D eigenvalue weighted by Gasteiger charge is -2.37. The number of carbonyl (C=O) groups is 1. The van der Waals surface area contributed by atoms with Crippen LogP contribution in [0.25, 0.3) is 0 Å². The predicted molar refractivity (Wildman–Crippen MR) is 84.7 cm³/mol. The molecule has 0 aromatic carbocycles. The number of amides is 2. The van der Waals surface area contributed by atoms with E-state index in [0.29, 0.717) is 30.3 Å². The van der Waals surface area contributed by atoms with Gasteiger partial charge in [0.1, 0.15) is 0 Å². The van der Waals surface area contributed by atoms with Crippen molar-refractivity contribution in [1.82, 2.24) is 15.6 Å². The Bertz CT molecular complexity index is 447. The van der Waals surface area contributed by atoms with Crippen molar-refractivity contribution in [2.45, 2.75) is 52.6 Å². The van der Waals surface area contributed by atoms with Gasteiger partial charge >= 0.3 is 6.03 Å². The third-order valence-corrected chi connectivity index (χ3v) is 4.51. The summed E-state index contributed by atoms with van der Waals surface area (Å²) < 4.78 is 0. The van der Waals surface area contributed by atoms with E-state index in [2.05, 4.69) is 36.4 Å². The van der Waals surface area contributed by atoms with E-state index in [9.17, 15) is 4.79 Å². The van der Waals surface area contributed by atoms with Gasteiger partial charge in [-0.25, -0.2) is 4.79 Å². The Labute approximate surface area is 127 Å². The molecule has 0 aliphatic heterocycles. The molecule has 1 aromatic rings. The molecule has 0 radical (unpaired) electrons. The van der Waals surface area contributed by atoms with Crippen molar-refractivity contribution in [2.24, 2.45) is 17.8 Å². The molecule has 1 saturated carbocycles. The normalized spacial score (nSPS) is 25.6. The highest BCUT2D eigenvalue weighted by atomic mass is 16.2. The molecule has 1 aromatic heterocycles. The molecule has 1 fully saturated rings. The summed E-state index contributed by atoms with van der Waals surface area (Å²) in [6.07, 6.45) is 7.09. The van der Waals surface area contributed by atoms with Crippen LogP contribution in [0, 0.1) is 17.8 Å². The van der Waals surface area contributed by atoms with E-state index < -0.39 is 0 Å². The van der Waals surface area contributed by atoms with Crippen molar-refractivity contribution in [3.8, 4) is 0 Å². The second-order valence-electron chi connectivity index (χ2n) is 6.62. The van der Waals surface area contributed by atoms with Crippen LogP contribution in [0.3, 0.4) is 0 Å². The Morgan fingerprint density at radius 2 is 2.24 bits per heavy atom. The second-order valence-corrected chi connectivity index (χ2v) is 6.62. The molecule has 21 heavy (non-hydrogen) atoms. The number of urea groups is 1. The number of hydrogen-bond donors (Lipinski definition) is 2. The quantitative estimate of drug-likeness (QED) is 0.893. The smallest absolute Gasteiger partial charge is 0.315 e. The summed E-state index contributed by atoms with van der Waals surface area (Å²) in [6.45, 7) is 7.30. The van der Waals surface area contributed by atoms with Crippen molar-refractivity contribution >= 4 is 6.03 Å². The standard InChI is InChI=1S/C17H27N3O/c1-12(2)15-7-6-13(3)9-16(15)20-17(21)19-11-14-5-4-8-18-10-14/h4-5,8,10,12-13,15-16H,6-7,9,11H2,1-3H3,(H2,19,20,21)/t13-,15-,16+/m0/s1. The fraction of sp³-hybridized carbons (Fsp3) is 0.647. The number of hydrogen-bond acceptors (Lipinski definition) is 2. The van der Waals surface area contributed by atoms with Crippen LogP contribution >= 0.6 is 0 Å². The van der Waals surface area contributed by atoms with Crippen molar-refractivity contribution in [3.05, 3.63) is 30.1 Å². The maximum Gasteiger partial charge on any atom is 0.315 e. The number of nitrogens with one attached hydrogen (secondary N) is 2. The zero-order chi connectivity index (χ0) is 15.2. The molecule has 4 nitrogen and oxygen atoms in total. The Morgan fingerprint density at radius 3 is 2.90 bits per heavy atom. The van der Waals surface area contributed by atoms with Gasteiger partial charge in [0.05, 0.1) is 0 Å². The molecule has 0 bridgehead atoms. The van der Waals surface area contributed by atoms with Crippen LogP contribution in [0.15, 0.2) is 24.5 Å². The minimum absolute atomic E-state index is 0.0661.